The van der Waals surface area contributed by atoms with Gasteiger partial charge in [-0.2, -0.15) is 5.10 Å². The van der Waals surface area contributed by atoms with Gasteiger partial charge in [0.2, 0.25) is 0 Å². The number of benzene rings is 2. The first-order valence-corrected chi connectivity index (χ1v) is 11.2. The third-order valence-corrected chi connectivity index (χ3v) is 6.30. The molecule has 7 heteroatoms. The lowest BCUT2D eigenvalue weighted by Crippen LogP contribution is -2.35. The zero-order valence-electron chi connectivity index (χ0n) is 18.4. The number of rotatable bonds is 3. The SMILES string of the molecule is Cc1c(C(=O)N2CCCc3ccccc32)oc2c1/C(=N/NC(=O)c1ccc(O)cc1)CCC2. The van der Waals surface area contributed by atoms with Crippen LogP contribution in [0.15, 0.2) is 58.0 Å². The summed E-state index contributed by atoms with van der Waals surface area (Å²) in [6.07, 6.45) is 4.12. The predicted molar refractivity (Wildman–Crippen MR) is 125 cm³/mol. The summed E-state index contributed by atoms with van der Waals surface area (Å²) >= 11 is 0. The van der Waals surface area contributed by atoms with Crippen LogP contribution in [-0.4, -0.2) is 29.2 Å². The van der Waals surface area contributed by atoms with E-state index >= 15 is 0 Å². The number of carbonyl (C=O) groups is 2. The standard InChI is InChI=1S/C26H25N3O4/c1-16-23-20(27-28-25(31)18-11-13-19(30)14-12-18)8-4-10-22(23)33-24(16)26(32)29-15-5-7-17-6-2-3-9-21(17)29/h2-3,6,9,11-14,30H,4-5,7-8,10,15H2,1H3,(H,28,31)/b27-20+. The van der Waals surface area contributed by atoms with Gasteiger partial charge in [-0.1, -0.05) is 18.2 Å². The molecule has 1 aliphatic heterocycles. The number of hydrazone groups is 1. The Morgan fingerprint density at radius 2 is 1.82 bits per heavy atom. The summed E-state index contributed by atoms with van der Waals surface area (Å²) < 4.78 is 6.09. The number of amides is 2. The van der Waals surface area contributed by atoms with E-state index in [4.69, 9.17) is 4.42 Å². The molecule has 33 heavy (non-hydrogen) atoms. The number of furan rings is 1. The molecule has 0 atom stereocenters. The molecule has 1 aromatic heterocycles. The number of para-hydroxylation sites is 1. The van der Waals surface area contributed by atoms with E-state index in [-0.39, 0.29) is 17.6 Å². The number of aryl methyl sites for hydroxylation is 2. The van der Waals surface area contributed by atoms with E-state index in [9.17, 15) is 14.7 Å². The van der Waals surface area contributed by atoms with Gasteiger partial charge in [-0.3, -0.25) is 9.59 Å². The van der Waals surface area contributed by atoms with Gasteiger partial charge in [-0.25, -0.2) is 5.43 Å². The van der Waals surface area contributed by atoms with Crippen molar-refractivity contribution in [1.82, 2.24) is 5.43 Å². The molecule has 2 aromatic carbocycles. The molecule has 2 aliphatic rings. The number of aromatic hydroxyl groups is 1. The van der Waals surface area contributed by atoms with Gasteiger partial charge in [0, 0.05) is 35.3 Å². The van der Waals surface area contributed by atoms with Crippen molar-refractivity contribution in [3.05, 3.63) is 82.3 Å². The van der Waals surface area contributed by atoms with Gasteiger partial charge in [0.25, 0.3) is 11.8 Å². The minimum absolute atomic E-state index is 0.0948. The second kappa shape index (κ2) is 8.58. The van der Waals surface area contributed by atoms with Gasteiger partial charge in [0.05, 0.1) is 5.71 Å². The first kappa shape index (κ1) is 21.0. The van der Waals surface area contributed by atoms with Crippen LogP contribution in [-0.2, 0) is 12.8 Å². The average molecular weight is 444 g/mol. The number of phenolic OH excluding ortho intramolecular Hbond substituents is 1. The Morgan fingerprint density at radius 1 is 1.03 bits per heavy atom. The predicted octanol–water partition coefficient (Wildman–Crippen LogP) is 4.36. The van der Waals surface area contributed by atoms with Crippen LogP contribution in [0.5, 0.6) is 5.75 Å². The van der Waals surface area contributed by atoms with Gasteiger partial charge >= 0.3 is 0 Å². The fraction of sp³-hybridized carbons (Fsp3) is 0.269. The van der Waals surface area contributed by atoms with Crippen LogP contribution in [0.25, 0.3) is 0 Å². The summed E-state index contributed by atoms with van der Waals surface area (Å²) in [6, 6.07) is 14.0. The second-order valence-corrected chi connectivity index (χ2v) is 8.44. The minimum Gasteiger partial charge on any atom is -0.508 e. The van der Waals surface area contributed by atoms with E-state index < -0.39 is 0 Å². The van der Waals surface area contributed by atoms with E-state index in [0.717, 1.165) is 48.3 Å². The lowest BCUT2D eigenvalue weighted by molar-refractivity contribution is 0.0948. The highest BCUT2D eigenvalue weighted by Crippen LogP contribution is 2.33. The highest BCUT2D eigenvalue weighted by molar-refractivity contribution is 6.10. The summed E-state index contributed by atoms with van der Waals surface area (Å²) in [7, 11) is 0. The molecule has 3 aromatic rings. The van der Waals surface area contributed by atoms with Crippen LogP contribution < -0.4 is 10.3 Å². The fourth-order valence-corrected chi connectivity index (χ4v) is 4.65. The fourth-order valence-electron chi connectivity index (χ4n) is 4.65. The van der Waals surface area contributed by atoms with Crippen molar-refractivity contribution in [3.8, 4) is 5.75 Å². The zero-order valence-corrected chi connectivity index (χ0v) is 18.4. The molecule has 2 amide bonds. The number of fused-ring (bicyclic) bond motifs is 2. The van der Waals surface area contributed by atoms with E-state index in [2.05, 4.69) is 16.6 Å². The van der Waals surface area contributed by atoms with Crippen LogP contribution >= 0.6 is 0 Å². The maximum atomic E-state index is 13.5. The lowest BCUT2D eigenvalue weighted by Gasteiger charge is -2.28. The number of nitrogens with zero attached hydrogens (tertiary/aromatic N) is 2. The number of hydrogen-bond donors (Lipinski definition) is 2. The number of anilines is 1. The molecule has 5 rings (SSSR count). The molecule has 0 fully saturated rings. The molecule has 0 saturated carbocycles. The Labute approximate surface area is 191 Å². The topological polar surface area (TPSA) is 95.1 Å². The van der Waals surface area contributed by atoms with Gasteiger partial charge in [-0.15, -0.1) is 0 Å². The minimum atomic E-state index is -0.364. The average Bonchev–Trinajstić information content (AvgIpc) is 3.19. The molecule has 1 aliphatic carbocycles. The molecule has 0 radical (unpaired) electrons. The van der Waals surface area contributed by atoms with Crippen molar-refractivity contribution in [2.45, 2.75) is 39.0 Å². The number of nitrogens with one attached hydrogen (secondary N) is 1. The van der Waals surface area contributed by atoms with E-state index in [1.165, 1.54) is 29.8 Å². The quantitative estimate of drug-likeness (QED) is 0.588. The summed E-state index contributed by atoms with van der Waals surface area (Å²) in [5.41, 5.74) is 7.41. The van der Waals surface area contributed by atoms with Gasteiger partial charge in [0.1, 0.15) is 11.5 Å². The molecule has 0 unspecified atom stereocenters. The smallest absolute Gasteiger partial charge is 0.294 e. The normalized spacial score (nSPS) is 16.3. The van der Waals surface area contributed by atoms with E-state index in [1.54, 1.807) is 4.90 Å². The van der Waals surface area contributed by atoms with Crippen LogP contribution in [0, 0.1) is 6.92 Å². The Hall–Kier alpha value is -3.87. The molecular formula is C26H25N3O4. The third-order valence-electron chi connectivity index (χ3n) is 6.30. The van der Waals surface area contributed by atoms with E-state index in [1.807, 2.05) is 25.1 Å². The van der Waals surface area contributed by atoms with Crippen molar-refractivity contribution < 1.29 is 19.1 Å². The van der Waals surface area contributed by atoms with Gasteiger partial charge in [0.15, 0.2) is 5.76 Å². The van der Waals surface area contributed by atoms with Crippen LogP contribution in [0.3, 0.4) is 0 Å². The van der Waals surface area contributed by atoms with Crippen LogP contribution in [0.1, 0.15) is 62.6 Å². The van der Waals surface area contributed by atoms with Crippen molar-refractivity contribution in [3.63, 3.8) is 0 Å². The number of carbonyl (C=O) groups excluding carboxylic acids is 2. The Balaban J connectivity index is 1.43. The number of phenols is 1. The Bertz CT molecular complexity index is 1260. The summed E-state index contributed by atoms with van der Waals surface area (Å²) in [5.74, 6) is 0.678. The molecule has 168 valence electrons. The highest BCUT2D eigenvalue weighted by Gasteiger charge is 2.32. The molecule has 0 bridgehead atoms. The Morgan fingerprint density at radius 3 is 2.64 bits per heavy atom. The molecular weight excluding hydrogens is 418 g/mol. The molecule has 0 spiro atoms. The second-order valence-electron chi connectivity index (χ2n) is 8.44. The van der Waals surface area contributed by atoms with Crippen molar-refractivity contribution >= 4 is 23.2 Å². The zero-order chi connectivity index (χ0) is 22.9. The van der Waals surface area contributed by atoms with Gasteiger partial charge in [-0.05, 0) is 68.5 Å². The molecule has 7 nitrogen and oxygen atoms in total. The highest BCUT2D eigenvalue weighted by atomic mass is 16.4. The van der Waals surface area contributed by atoms with Crippen LogP contribution in [0.2, 0.25) is 0 Å². The van der Waals surface area contributed by atoms with Crippen molar-refractivity contribution in [1.29, 1.82) is 0 Å². The number of hydrogen-bond acceptors (Lipinski definition) is 5. The van der Waals surface area contributed by atoms with E-state index in [0.29, 0.717) is 30.0 Å². The Kier molecular flexibility index (Phi) is 5.46. The molecule has 2 N–H and O–H groups in total. The van der Waals surface area contributed by atoms with Gasteiger partial charge < -0.3 is 14.4 Å². The first-order valence-electron chi connectivity index (χ1n) is 11.2. The van der Waals surface area contributed by atoms with Crippen molar-refractivity contribution in [2.75, 3.05) is 11.4 Å². The van der Waals surface area contributed by atoms with Crippen molar-refractivity contribution in [2.24, 2.45) is 5.10 Å². The first-order chi connectivity index (χ1) is 16.0. The maximum Gasteiger partial charge on any atom is 0.294 e. The molecule has 0 saturated heterocycles. The summed E-state index contributed by atoms with van der Waals surface area (Å²) in [5, 5.41) is 13.8. The maximum absolute atomic E-state index is 13.5. The van der Waals surface area contributed by atoms with Crippen LogP contribution in [0.4, 0.5) is 5.69 Å². The summed E-state index contributed by atoms with van der Waals surface area (Å²) in [4.78, 5) is 27.7. The molecule has 2 heterocycles. The third kappa shape index (κ3) is 3.91. The summed E-state index contributed by atoms with van der Waals surface area (Å²) in [6.45, 7) is 2.54. The monoisotopic (exact) mass is 443 g/mol. The largest absolute Gasteiger partial charge is 0.508 e. The lowest BCUT2D eigenvalue weighted by atomic mass is 9.93.